The van der Waals surface area contributed by atoms with E-state index in [-0.39, 0.29) is 18.8 Å². The molecule has 0 bridgehead atoms. The Morgan fingerprint density at radius 1 is 1.38 bits per heavy atom. The first-order chi connectivity index (χ1) is 7.47. The molecule has 1 heterocycles. The number of aromatic nitrogens is 1. The third kappa shape index (κ3) is 2.48. The molecule has 90 valence electrons. The minimum absolute atomic E-state index is 0.0751. The standard InChI is InChI=1S/C10H13F3N2S/c11-10(12,13)7-3-1-2-6(4-7)8-5-16-9(14)15-8/h5-7H,1-4H2,(H2,14,15)/t6-,7-/m0/s1. The number of anilines is 1. The molecule has 2 nitrogen and oxygen atoms in total. The molecule has 0 aliphatic heterocycles. The zero-order chi connectivity index (χ0) is 11.8. The molecule has 1 aromatic heterocycles. The van der Waals surface area contributed by atoms with Crippen molar-refractivity contribution in [3.05, 3.63) is 11.1 Å². The Hall–Kier alpha value is -0.780. The summed E-state index contributed by atoms with van der Waals surface area (Å²) >= 11 is 1.29. The smallest absolute Gasteiger partial charge is 0.375 e. The molecule has 6 heteroatoms. The van der Waals surface area contributed by atoms with Crippen molar-refractivity contribution in [3.63, 3.8) is 0 Å². The lowest BCUT2D eigenvalue weighted by Crippen LogP contribution is -2.28. The number of hydrogen-bond donors (Lipinski definition) is 1. The third-order valence-corrected chi connectivity index (χ3v) is 3.79. The minimum Gasteiger partial charge on any atom is -0.375 e. The number of halogens is 3. The van der Waals surface area contributed by atoms with Crippen LogP contribution < -0.4 is 5.73 Å². The predicted octanol–water partition coefficient (Wildman–Crippen LogP) is 3.56. The molecule has 1 aliphatic carbocycles. The van der Waals surface area contributed by atoms with Gasteiger partial charge in [-0.15, -0.1) is 11.3 Å². The number of nitrogens with two attached hydrogens (primary N) is 1. The van der Waals surface area contributed by atoms with Crippen LogP contribution in [0.4, 0.5) is 18.3 Å². The second-order valence-electron chi connectivity index (χ2n) is 4.21. The molecular formula is C10H13F3N2S. The van der Waals surface area contributed by atoms with Gasteiger partial charge in [0.25, 0.3) is 0 Å². The molecule has 0 radical (unpaired) electrons. The Labute approximate surface area is 95.7 Å². The van der Waals surface area contributed by atoms with Gasteiger partial charge in [-0.2, -0.15) is 13.2 Å². The van der Waals surface area contributed by atoms with Crippen LogP contribution >= 0.6 is 11.3 Å². The number of alkyl halides is 3. The summed E-state index contributed by atoms with van der Waals surface area (Å²) in [7, 11) is 0. The van der Waals surface area contributed by atoms with Gasteiger partial charge in [-0.1, -0.05) is 6.42 Å². The molecule has 0 amide bonds. The summed E-state index contributed by atoms with van der Waals surface area (Å²) in [4.78, 5) is 4.08. The summed E-state index contributed by atoms with van der Waals surface area (Å²) in [5, 5.41) is 2.21. The molecule has 2 rings (SSSR count). The quantitative estimate of drug-likeness (QED) is 0.827. The molecule has 2 atom stereocenters. The van der Waals surface area contributed by atoms with Crippen LogP contribution in [0.2, 0.25) is 0 Å². The van der Waals surface area contributed by atoms with E-state index in [2.05, 4.69) is 4.98 Å². The van der Waals surface area contributed by atoms with Crippen molar-refractivity contribution in [1.29, 1.82) is 0 Å². The van der Waals surface area contributed by atoms with Crippen LogP contribution in [-0.2, 0) is 0 Å². The summed E-state index contributed by atoms with van der Waals surface area (Å²) in [6, 6.07) is 0. The van der Waals surface area contributed by atoms with Gasteiger partial charge in [-0.25, -0.2) is 4.98 Å². The van der Waals surface area contributed by atoms with E-state index >= 15 is 0 Å². The number of rotatable bonds is 1. The number of hydrogen-bond acceptors (Lipinski definition) is 3. The molecule has 0 saturated heterocycles. The van der Waals surface area contributed by atoms with Crippen molar-refractivity contribution in [2.45, 2.75) is 37.8 Å². The minimum atomic E-state index is -4.07. The average molecular weight is 250 g/mol. The van der Waals surface area contributed by atoms with Crippen LogP contribution in [0.15, 0.2) is 5.38 Å². The fraction of sp³-hybridized carbons (Fsp3) is 0.700. The maximum Gasteiger partial charge on any atom is 0.391 e. The monoisotopic (exact) mass is 250 g/mol. The van der Waals surface area contributed by atoms with E-state index in [1.165, 1.54) is 11.3 Å². The average Bonchev–Trinajstić information content (AvgIpc) is 2.64. The lowest BCUT2D eigenvalue weighted by atomic mass is 9.80. The molecule has 0 unspecified atom stereocenters. The summed E-state index contributed by atoms with van der Waals surface area (Å²) in [5.41, 5.74) is 6.22. The fourth-order valence-electron chi connectivity index (χ4n) is 2.24. The Morgan fingerprint density at radius 2 is 2.12 bits per heavy atom. The van der Waals surface area contributed by atoms with Crippen LogP contribution in [-0.4, -0.2) is 11.2 Å². The highest BCUT2D eigenvalue weighted by Crippen LogP contribution is 2.43. The molecule has 0 aromatic carbocycles. The Morgan fingerprint density at radius 3 is 2.69 bits per heavy atom. The zero-order valence-electron chi connectivity index (χ0n) is 8.63. The van der Waals surface area contributed by atoms with Crippen LogP contribution in [0, 0.1) is 5.92 Å². The first kappa shape index (κ1) is 11.7. The first-order valence-electron chi connectivity index (χ1n) is 5.24. The molecule has 1 saturated carbocycles. The first-order valence-corrected chi connectivity index (χ1v) is 6.12. The van der Waals surface area contributed by atoms with Crippen molar-refractivity contribution >= 4 is 16.5 Å². The summed E-state index contributed by atoms with van der Waals surface area (Å²) < 4.78 is 37.8. The molecular weight excluding hydrogens is 237 g/mol. The van der Waals surface area contributed by atoms with E-state index in [4.69, 9.17) is 5.73 Å². The zero-order valence-corrected chi connectivity index (χ0v) is 9.44. The normalized spacial score (nSPS) is 26.9. The molecule has 0 spiro atoms. The Bertz CT molecular complexity index is 361. The van der Waals surface area contributed by atoms with E-state index in [1.807, 2.05) is 0 Å². The van der Waals surface area contributed by atoms with Gasteiger partial charge in [0.1, 0.15) is 0 Å². The van der Waals surface area contributed by atoms with E-state index in [0.717, 1.165) is 12.1 Å². The number of nitrogens with zero attached hydrogens (tertiary/aromatic N) is 1. The largest absolute Gasteiger partial charge is 0.391 e. The summed E-state index contributed by atoms with van der Waals surface area (Å²) in [5.74, 6) is -1.25. The SMILES string of the molecule is Nc1nc([C@H]2CCC[C@H](C(F)(F)F)C2)cs1. The Kier molecular flexibility index (Phi) is 3.10. The van der Waals surface area contributed by atoms with Gasteiger partial charge in [0.05, 0.1) is 11.6 Å². The lowest BCUT2D eigenvalue weighted by molar-refractivity contribution is -0.183. The highest BCUT2D eigenvalue weighted by atomic mass is 32.1. The maximum atomic E-state index is 12.6. The van der Waals surface area contributed by atoms with Gasteiger partial charge in [-0.05, 0) is 19.3 Å². The van der Waals surface area contributed by atoms with E-state index < -0.39 is 12.1 Å². The van der Waals surface area contributed by atoms with Crippen molar-refractivity contribution in [2.75, 3.05) is 5.73 Å². The van der Waals surface area contributed by atoms with Crippen molar-refractivity contribution in [1.82, 2.24) is 4.98 Å². The van der Waals surface area contributed by atoms with Crippen molar-refractivity contribution in [2.24, 2.45) is 5.92 Å². The predicted molar refractivity (Wildman–Crippen MR) is 57.3 cm³/mol. The van der Waals surface area contributed by atoms with Gasteiger partial charge in [0, 0.05) is 11.3 Å². The Balaban J connectivity index is 2.07. The van der Waals surface area contributed by atoms with Crippen molar-refractivity contribution < 1.29 is 13.2 Å². The third-order valence-electron chi connectivity index (χ3n) is 3.10. The molecule has 2 N–H and O–H groups in total. The summed E-state index contributed by atoms with van der Waals surface area (Å²) in [6.45, 7) is 0. The van der Waals surface area contributed by atoms with E-state index in [0.29, 0.717) is 11.6 Å². The van der Waals surface area contributed by atoms with Crippen molar-refractivity contribution in [3.8, 4) is 0 Å². The molecule has 1 aromatic rings. The molecule has 1 aliphatic rings. The van der Waals surface area contributed by atoms with Gasteiger partial charge >= 0.3 is 6.18 Å². The van der Waals surface area contributed by atoms with Gasteiger partial charge in [-0.3, -0.25) is 0 Å². The second-order valence-corrected chi connectivity index (χ2v) is 5.10. The van der Waals surface area contributed by atoms with E-state index in [1.54, 1.807) is 5.38 Å². The van der Waals surface area contributed by atoms with Crippen LogP contribution in [0.5, 0.6) is 0 Å². The fourth-order valence-corrected chi connectivity index (χ4v) is 2.89. The number of nitrogen functional groups attached to an aromatic ring is 1. The van der Waals surface area contributed by atoms with Crippen LogP contribution in [0.25, 0.3) is 0 Å². The van der Waals surface area contributed by atoms with Gasteiger partial charge in [0.15, 0.2) is 5.13 Å². The second kappa shape index (κ2) is 4.24. The highest BCUT2D eigenvalue weighted by Gasteiger charge is 2.42. The maximum absolute atomic E-state index is 12.6. The van der Waals surface area contributed by atoms with Gasteiger partial charge in [0.2, 0.25) is 0 Å². The molecule has 1 fully saturated rings. The van der Waals surface area contributed by atoms with E-state index in [9.17, 15) is 13.2 Å². The number of thiazole rings is 1. The highest BCUT2D eigenvalue weighted by molar-refractivity contribution is 7.13. The van der Waals surface area contributed by atoms with Crippen LogP contribution in [0.1, 0.15) is 37.3 Å². The lowest BCUT2D eigenvalue weighted by Gasteiger charge is -2.29. The van der Waals surface area contributed by atoms with Crippen LogP contribution in [0.3, 0.4) is 0 Å². The van der Waals surface area contributed by atoms with Gasteiger partial charge < -0.3 is 5.73 Å². The summed E-state index contributed by atoms with van der Waals surface area (Å²) in [6.07, 6.45) is -2.26. The molecule has 16 heavy (non-hydrogen) atoms. The topological polar surface area (TPSA) is 38.9 Å².